The fourth-order valence-electron chi connectivity index (χ4n) is 7.81. The summed E-state index contributed by atoms with van der Waals surface area (Å²) in [6.45, 7) is 6.43. The largest absolute Gasteiger partial charge is 0.461 e. The van der Waals surface area contributed by atoms with Gasteiger partial charge in [0.25, 0.3) is 0 Å². The van der Waals surface area contributed by atoms with Crippen LogP contribution in [0.15, 0.2) is 42.3 Å². The molecule has 0 aliphatic heterocycles. The van der Waals surface area contributed by atoms with Crippen LogP contribution in [-0.4, -0.2) is 35.6 Å². The summed E-state index contributed by atoms with van der Waals surface area (Å²) in [6.07, 6.45) is 16.2. The first kappa shape index (κ1) is 24.2. The van der Waals surface area contributed by atoms with Gasteiger partial charge in [-0.1, -0.05) is 37.6 Å². The number of rotatable bonds is 5. The maximum atomic E-state index is 12.3. The molecular weight excluding hydrogens is 438 g/mol. The van der Waals surface area contributed by atoms with Gasteiger partial charge in [0.1, 0.15) is 12.6 Å². The first-order valence-electron chi connectivity index (χ1n) is 13.3. The second-order valence-electron chi connectivity index (χ2n) is 11.7. The number of ether oxygens (including phenoxy) is 1. The lowest BCUT2D eigenvalue weighted by Gasteiger charge is -2.57. The summed E-state index contributed by atoms with van der Waals surface area (Å²) in [6, 6.07) is 3.63. The molecular formula is C29H39N3O3. The van der Waals surface area contributed by atoms with Gasteiger partial charge in [-0.2, -0.15) is 0 Å². The minimum atomic E-state index is -0.633. The Labute approximate surface area is 208 Å². The quantitative estimate of drug-likeness (QED) is 0.484. The zero-order valence-corrected chi connectivity index (χ0v) is 21.3. The predicted molar refractivity (Wildman–Crippen MR) is 136 cm³/mol. The fraction of sp³-hybridized carbons (Fsp3) is 0.621. The van der Waals surface area contributed by atoms with Gasteiger partial charge in [0.15, 0.2) is 0 Å². The Kier molecular flexibility index (Phi) is 6.37. The Morgan fingerprint density at radius 1 is 1.17 bits per heavy atom. The Balaban J connectivity index is 1.26. The number of pyridine rings is 1. The number of fused-ring (bicyclic) bond motifs is 5. The highest BCUT2D eigenvalue weighted by atomic mass is 16.5. The van der Waals surface area contributed by atoms with Crippen LogP contribution >= 0.6 is 0 Å². The number of esters is 1. The number of amides is 1. The predicted octanol–water partition coefficient (Wildman–Crippen LogP) is 4.41. The minimum Gasteiger partial charge on any atom is -0.461 e. The van der Waals surface area contributed by atoms with E-state index in [1.165, 1.54) is 29.6 Å². The Bertz CT molecular complexity index is 1050. The van der Waals surface area contributed by atoms with Gasteiger partial charge in [-0.3, -0.25) is 14.6 Å². The molecule has 1 unspecified atom stereocenters. The molecule has 0 bridgehead atoms. The number of allylic oxidation sites excluding steroid dienone is 3. The van der Waals surface area contributed by atoms with Crippen LogP contribution in [0.25, 0.3) is 5.57 Å². The lowest BCUT2D eigenvalue weighted by Crippen LogP contribution is -2.50. The van der Waals surface area contributed by atoms with Gasteiger partial charge in [-0.25, -0.2) is 0 Å². The van der Waals surface area contributed by atoms with Gasteiger partial charge in [-0.15, -0.1) is 0 Å². The number of nitrogens with one attached hydrogen (secondary N) is 1. The molecule has 0 aromatic carbocycles. The van der Waals surface area contributed by atoms with Gasteiger partial charge >= 0.3 is 5.97 Å². The topological polar surface area (TPSA) is 94.3 Å². The molecule has 188 valence electrons. The number of hydrogen-bond donors (Lipinski definition) is 2. The highest BCUT2D eigenvalue weighted by molar-refractivity contribution is 5.85. The Hall–Kier alpha value is -2.47. The third-order valence-corrected chi connectivity index (χ3v) is 9.73. The number of carbonyl (C=O) groups excluding carboxylic acids is 2. The van der Waals surface area contributed by atoms with Crippen molar-refractivity contribution in [2.45, 2.75) is 77.9 Å². The Morgan fingerprint density at radius 3 is 2.71 bits per heavy atom. The SMILES string of the molecule is CC(N)C(=O)NCC(=O)O[C@H]1CC[C@@]2(C)C(=CC[C@@H]3[C@@H]2CC[C@]2(C)C(c4cccnc4)=CC[C@@H]32)C1. The third kappa shape index (κ3) is 4.24. The molecule has 0 spiro atoms. The maximum Gasteiger partial charge on any atom is 0.325 e. The molecule has 6 nitrogen and oxygen atoms in total. The molecule has 35 heavy (non-hydrogen) atoms. The summed E-state index contributed by atoms with van der Waals surface area (Å²) in [5, 5.41) is 2.55. The molecule has 1 amide bonds. The zero-order valence-electron chi connectivity index (χ0n) is 21.3. The van der Waals surface area contributed by atoms with Crippen LogP contribution < -0.4 is 11.1 Å². The summed E-state index contributed by atoms with van der Waals surface area (Å²) in [4.78, 5) is 28.3. The molecule has 6 heteroatoms. The number of hydrogen-bond acceptors (Lipinski definition) is 5. The second-order valence-corrected chi connectivity index (χ2v) is 11.7. The summed E-state index contributed by atoms with van der Waals surface area (Å²) in [5.41, 5.74) is 10.2. The van der Waals surface area contributed by atoms with Crippen molar-refractivity contribution >= 4 is 17.4 Å². The van der Waals surface area contributed by atoms with Crippen molar-refractivity contribution in [2.75, 3.05) is 6.54 Å². The van der Waals surface area contributed by atoms with E-state index in [1.807, 2.05) is 18.5 Å². The number of nitrogens with two attached hydrogens (primary N) is 1. The number of aromatic nitrogens is 1. The van der Waals surface area contributed by atoms with Gasteiger partial charge in [-0.05, 0) is 91.2 Å². The molecule has 5 rings (SSSR count). The monoisotopic (exact) mass is 477 g/mol. The average molecular weight is 478 g/mol. The smallest absolute Gasteiger partial charge is 0.325 e. The van der Waals surface area contributed by atoms with Crippen LogP contribution in [0.3, 0.4) is 0 Å². The van der Waals surface area contributed by atoms with Crippen LogP contribution in [0.5, 0.6) is 0 Å². The van der Waals surface area contributed by atoms with Crippen molar-refractivity contribution in [3.63, 3.8) is 0 Å². The van der Waals surface area contributed by atoms with E-state index in [4.69, 9.17) is 10.5 Å². The van der Waals surface area contributed by atoms with E-state index in [2.05, 4.69) is 42.4 Å². The van der Waals surface area contributed by atoms with E-state index in [9.17, 15) is 9.59 Å². The normalized spacial score (nSPS) is 36.6. The first-order valence-corrected chi connectivity index (χ1v) is 13.3. The minimum absolute atomic E-state index is 0.107. The van der Waals surface area contributed by atoms with Crippen molar-refractivity contribution in [1.82, 2.24) is 10.3 Å². The zero-order chi connectivity index (χ0) is 24.8. The molecule has 1 aromatic heterocycles. The lowest BCUT2D eigenvalue weighted by molar-refractivity contribution is -0.151. The summed E-state index contributed by atoms with van der Waals surface area (Å²) >= 11 is 0. The molecule has 1 heterocycles. The third-order valence-electron chi connectivity index (χ3n) is 9.73. The van der Waals surface area contributed by atoms with Gasteiger partial charge in [0.2, 0.25) is 5.91 Å². The Morgan fingerprint density at radius 2 is 1.97 bits per heavy atom. The van der Waals surface area contributed by atoms with Crippen LogP contribution in [-0.2, 0) is 14.3 Å². The van der Waals surface area contributed by atoms with Crippen molar-refractivity contribution in [2.24, 2.45) is 34.3 Å². The van der Waals surface area contributed by atoms with Crippen LogP contribution in [0.1, 0.15) is 71.3 Å². The molecule has 7 atom stereocenters. The lowest BCUT2D eigenvalue weighted by atomic mass is 9.47. The van der Waals surface area contributed by atoms with E-state index >= 15 is 0 Å². The van der Waals surface area contributed by atoms with E-state index in [0.29, 0.717) is 17.8 Å². The molecule has 3 N–H and O–H groups in total. The standard InChI is InChI=1S/C29H39N3O3/c1-18(30)27(34)32-17-26(33)35-21-10-12-28(2)20(15-21)6-7-22-24-9-8-23(19-5-4-14-31-16-19)29(24,3)13-11-25(22)28/h4-6,8,14,16,18,21-22,24-25H,7,9-13,15,17,30H2,1-3H3,(H,32,34)/t18?,21-,22-,24-,25-,28-,29+/m0/s1. The number of nitrogens with zero attached hydrogens (tertiary/aromatic N) is 1. The van der Waals surface area contributed by atoms with E-state index in [0.717, 1.165) is 32.1 Å². The van der Waals surface area contributed by atoms with Gasteiger partial charge in [0, 0.05) is 18.8 Å². The number of carbonyl (C=O) groups is 2. The van der Waals surface area contributed by atoms with Crippen molar-refractivity contribution in [3.8, 4) is 0 Å². The summed E-state index contributed by atoms with van der Waals surface area (Å²) in [5.74, 6) is 1.34. The van der Waals surface area contributed by atoms with Crippen molar-refractivity contribution in [1.29, 1.82) is 0 Å². The highest BCUT2D eigenvalue weighted by Crippen LogP contribution is 2.66. The summed E-state index contributed by atoms with van der Waals surface area (Å²) < 4.78 is 5.75. The van der Waals surface area contributed by atoms with Crippen LogP contribution in [0.4, 0.5) is 0 Å². The van der Waals surface area contributed by atoms with Crippen LogP contribution in [0, 0.1) is 28.6 Å². The molecule has 2 saturated carbocycles. The van der Waals surface area contributed by atoms with Crippen molar-refractivity contribution in [3.05, 3.63) is 47.8 Å². The highest BCUT2D eigenvalue weighted by Gasteiger charge is 2.57. The summed E-state index contributed by atoms with van der Waals surface area (Å²) in [7, 11) is 0. The van der Waals surface area contributed by atoms with E-state index in [-0.39, 0.29) is 35.4 Å². The van der Waals surface area contributed by atoms with E-state index in [1.54, 1.807) is 6.92 Å². The molecule has 0 radical (unpaired) electrons. The molecule has 2 fully saturated rings. The van der Waals surface area contributed by atoms with Gasteiger partial charge in [0.05, 0.1) is 6.04 Å². The fourth-order valence-corrected chi connectivity index (χ4v) is 7.81. The molecule has 0 saturated heterocycles. The molecule has 4 aliphatic rings. The molecule has 1 aromatic rings. The van der Waals surface area contributed by atoms with Crippen LogP contribution in [0.2, 0.25) is 0 Å². The average Bonchev–Trinajstić information content (AvgIpc) is 3.20. The molecule has 4 aliphatic carbocycles. The van der Waals surface area contributed by atoms with E-state index < -0.39 is 6.04 Å². The first-order chi connectivity index (χ1) is 16.7. The maximum absolute atomic E-state index is 12.3. The van der Waals surface area contributed by atoms with Gasteiger partial charge < -0.3 is 15.8 Å². The van der Waals surface area contributed by atoms with Crippen molar-refractivity contribution < 1.29 is 14.3 Å². The second kappa shape index (κ2) is 9.20.